The summed E-state index contributed by atoms with van der Waals surface area (Å²) < 4.78 is 65.0. The van der Waals surface area contributed by atoms with Crippen LogP contribution in [0.15, 0.2) is 91.0 Å². The third kappa shape index (κ3) is 13.6. The van der Waals surface area contributed by atoms with Gasteiger partial charge in [-0.25, -0.2) is 27.2 Å². The molecule has 6 rings (SSSR count). The fourth-order valence-corrected chi connectivity index (χ4v) is 8.57. The minimum Gasteiger partial charge on any atom is -0.467 e. The quantitative estimate of drug-likeness (QED) is 0.0605. The van der Waals surface area contributed by atoms with Crippen LogP contribution >= 0.6 is 34.3 Å². The van der Waals surface area contributed by atoms with E-state index in [2.05, 4.69) is 21.3 Å². The molecule has 19 heteroatoms. The topological polar surface area (TPSA) is 169 Å². The third-order valence-electron chi connectivity index (χ3n) is 9.16. The molecule has 0 spiro atoms. The molecule has 6 aromatic rings. The number of amides is 4. The molecule has 64 heavy (non-hydrogen) atoms. The highest BCUT2D eigenvalue weighted by atomic mass is 35.5. The van der Waals surface area contributed by atoms with Gasteiger partial charge in [0.15, 0.2) is 12.1 Å². The van der Waals surface area contributed by atoms with Crippen LogP contribution in [0, 0.1) is 23.3 Å². The van der Waals surface area contributed by atoms with Gasteiger partial charge in [-0.2, -0.15) is 0 Å². The summed E-state index contributed by atoms with van der Waals surface area (Å²) in [6.45, 7) is 4.69. The van der Waals surface area contributed by atoms with Crippen LogP contribution in [0.1, 0.15) is 53.7 Å². The Morgan fingerprint density at radius 1 is 0.594 bits per heavy atom. The van der Waals surface area contributed by atoms with E-state index in [1.54, 1.807) is 31.2 Å². The number of carbonyl (C=O) groups is 6. The smallest absolute Gasteiger partial charge is 0.334 e. The summed E-state index contributed by atoms with van der Waals surface area (Å²) in [6.07, 6.45) is -0.617. The van der Waals surface area contributed by atoms with Gasteiger partial charge in [0.25, 0.3) is 0 Å². The number of halogens is 5. The highest BCUT2D eigenvalue weighted by molar-refractivity contribution is 7.19. The molecule has 2 aromatic heterocycles. The van der Waals surface area contributed by atoms with Gasteiger partial charge in [-0.3, -0.25) is 19.2 Å². The molecule has 4 N–H and O–H groups in total. The first-order chi connectivity index (χ1) is 30.4. The molecule has 336 valence electrons. The van der Waals surface area contributed by atoms with Crippen molar-refractivity contribution in [2.75, 3.05) is 13.7 Å². The molecule has 2 unspecified atom stereocenters. The zero-order valence-corrected chi connectivity index (χ0v) is 37.0. The Morgan fingerprint density at radius 2 is 1.05 bits per heavy atom. The van der Waals surface area contributed by atoms with Gasteiger partial charge < -0.3 is 30.7 Å². The van der Waals surface area contributed by atoms with E-state index < -0.39 is 83.0 Å². The van der Waals surface area contributed by atoms with Crippen LogP contribution in [0.5, 0.6) is 0 Å². The van der Waals surface area contributed by atoms with Crippen molar-refractivity contribution in [1.29, 1.82) is 0 Å². The molecule has 4 atom stereocenters. The molecule has 0 aliphatic heterocycles. The molecule has 4 amide bonds. The lowest BCUT2D eigenvalue weighted by molar-refractivity contribution is -0.147. The summed E-state index contributed by atoms with van der Waals surface area (Å²) in [4.78, 5) is 75.8. The van der Waals surface area contributed by atoms with Crippen LogP contribution in [-0.2, 0) is 51.1 Å². The summed E-state index contributed by atoms with van der Waals surface area (Å²) in [7, 11) is 1.20. The molecule has 4 aromatic carbocycles. The molecule has 0 saturated heterocycles. The maximum absolute atomic E-state index is 13.3. The normalized spacial score (nSPS) is 12.8. The molecular formula is C45H41ClF4N4O8S2. The van der Waals surface area contributed by atoms with E-state index >= 15 is 0 Å². The monoisotopic (exact) mass is 940 g/mol. The molecule has 0 bridgehead atoms. The van der Waals surface area contributed by atoms with Crippen molar-refractivity contribution in [1.82, 2.24) is 21.3 Å². The maximum atomic E-state index is 13.3. The second-order valence-electron chi connectivity index (χ2n) is 14.2. The minimum absolute atomic E-state index is 0.129. The van der Waals surface area contributed by atoms with E-state index in [0.29, 0.717) is 26.9 Å². The van der Waals surface area contributed by atoms with Crippen molar-refractivity contribution in [3.63, 3.8) is 0 Å². The van der Waals surface area contributed by atoms with E-state index in [4.69, 9.17) is 21.1 Å². The molecule has 0 fully saturated rings. The second-order valence-corrected chi connectivity index (χ2v) is 16.8. The number of fused-ring (bicyclic) bond motifs is 2. The van der Waals surface area contributed by atoms with Gasteiger partial charge in [-0.1, -0.05) is 29.8 Å². The average Bonchev–Trinajstić information content (AvgIpc) is 3.85. The van der Waals surface area contributed by atoms with Crippen LogP contribution in [0.25, 0.3) is 20.2 Å². The standard InChI is InChI=1S/C23H22F2N2O4S.C22H19ClF2N2O4S/c1-3-31-23(30)21(19-11-15-6-4-5-7-18(15)32-19)27-22(29)13(2)26-20(28)10-14-8-16(24)12-17(25)9-14;1-11(26-19(28)7-12-5-15(24)10-16(25)6-12)21(29)27-20(22(30)31-2)18-9-13-8-14(23)3-4-17(13)32-18/h4-9,11-13,21H,3,10H2,1-2H3,(H,26,28)(H,27,29);3-6,8-11,20H,7H2,1-2H3,(H,26,28)(H,27,29)/t13-,21?;11-,20?/m00/s1. The number of nitrogens with one attached hydrogen (secondary N) is 4. The van der Waals surface area contributed by atoms with Crippen LogP contribution in [0.2, 0.25) is 5.02 Å². The number of benzene rings is 4. The lowest BCUT2D eigenvalue weighted by Gasteiger charge is -2.19. The van der Waals surface area contributed by atoms with Crippen molar-refractivity contribution in [2.45, 2.75) is 57.8 Å². The van der Waals surface area contributed by atoms with E-state index in [1.807, 2.05) is 30.3 Å². The van der Waals surface area contributed by atoms with Crippen LogP contribution < -0.4 is 21.3 Å². The van der Waals surface area contributed by atoms with Gasteiger partial charge in [0.05, 0.1) is 26.6 Å². The van der Waals surface area contributed by atoms with Gasteiger partial charge in [0.1, 0.15) is 35.4 Å². The second kappa shape index (κ2) is 22.3. The molecule has 0 saturated carbocycles. The molecular weight excluding hydrogens is 900 g/mol. The number of hydrogen-bond donors (Lipinski definition) is 4. The first-order valence-electron chi connectivity index (χ1n) is 19.4. The van der Waals surface area contributed by atoms with Crippen LogP contribution in [0.4, 0.5) is 17.6 Å². The average molecular weight is 941 g/mol. The van der Waals surface area contributed by atoms with Crippen molar-refractivity contribution in [3.05, 3.63) is 140 Å². The lowest BCUT2D eigenvalue weighted by Crippen LogP contribution is -2.47. The number of carbonyl (C=O) groups excluding carboxylic acids is 6. The van der Waals surface area contributed by atoms with Gasteiger partial charge in [0, 0.05) is 36.3 Å². The van der Waals surface area contributed by atoms with E-state index in [-0.39, 0.29) is 30.6 Å². The number of thiophene rings is 2. The summed E-state index contributed by atoms with van der Waals surface area (Å²) in [6, 6.07) is 17.8. The molecule has 0 aliphatic carbocycles. The van der Waals surface area contributed by atoms with Crippen LogP contribution in [0.3, 0.4) is 0 Å². The maximum Gasteiger partial charge on any atom is 0.334 e. The highest BCUT2D eigenvalue weighted by Crippen LogP contribution is 2.33. The fraction of sp³-hybridized carbons (Fsp3) is 0.244. The van der Waals surface area contributed by atoms with Crippen molar-refractivity contribution < 1.29 is 55.8 Å². The first kappa shape index (κ1) is 48.7. The zero-order chi connectivity index (χ0) is 46.7. The Labute approximate surface area is 377 Å². The Balaban J connectivity index is 0.000000241. The third-order valence-corrected chi connectivity index (χ3v) is 11.8. The number of hydrogen-bond acceptors (Lipinski definition) is 10. The first-order valence-corrected chi connectivity index (χ1v) is 21.4. The summed E-state index contributed by atoms with van der Waals surface area (Å²) in [5, 5.41) is 12.4. The number of methoxy groups -OCH3 is 1. The van der Waals surface area contributed by atoms with E-state index in [1.165, 1.54) is 43.6 Å². The minimum atomic E-state index is -1.08. The predicted molar refractivity (Wildman–Crippen MR) is 234 cm³/mol. The number of rotatable bonds is 15. The Hall–Kier alpha value is -6.37. The van der Waals surface area contributed by atoms with E-state index in [9.17, 15) is 46.3 Å². The van der Waals surface area contributed by atoms with Crippen molar-refractivity contribution in [3.8, 4) is 0 Å². The van der Waals surface area contributed by atoms with Crippen molar-refractivity contribution in [2.24, 2.45) is 0 Å². The van der Waals surface area contributed by atoms with Gasteiger partial charge >= 0.3 is 11.9 Å². The molecule has 0 radical (unpaired) electrons. The fourth-order valence-electron chi connectivity index (χ4n) is 6.20. The zero-order valence-electron chi connectivity index (χ0n) is 34.6. The Bertz CT molecular complexity index is 2620. The van der Waals surface area contributed by atoms with Gasteiger partial charge in [0.2, 0.25) is 23.6 Å². The van der Waals surface area contributed by atoms with Crippen molar-refractivity contribution >= 4 is 90.0 Å². The highest BCUT2D eigenvalue weighted by Gasteiger charge is 2.30. The van der Waals surface area contributed by atoms with Gasteiger partial charge in [-0.15, -0.1) is 22.7 Å². The summed E-state index contributed by atoms with van der Waals surface area (Å²) in [5.41, 5.74) is 0.270. The molecule has 0 aliphatic rings. The SMILES string of the molecule is CCOC(=O)C(NC(=O)[C@H](C)NC(=O)Cc1cc(F)cc(F)c1)c1cc2ccccc2s1.COC(=O)C(NC(=O)[C@H](C)NC(=O)Cc1cc(F)cc(F)c1)c1cc2cc(Cl)ccc2s1. The van der Waals surface area contributed by atoms with E-state index in [0.717, 1.165) is 44.4 Å². The van der Waals surface area contributed by atoms with Gasteiger partial charge in [-0.05, 0) is 103 Å². The lowest BCUT2D eigenvalue weighted by atomic mass is 10.1. The number of ether oxygens (including phenoxy) is 2. The molecule has 2 heterocycles. The predicted octanol–water partition coefficient (Wildman–Crippen LogP) is 7.56. The van der Waals surface area contributed by atoms with Crippen LogP contribution in [-0.4, -0.2) is 61.4 Å². The summed E-state index contributed by atoms with van der Waals surface area (Å²) in [5.74, 6) is -6.90. The summed E-state index contributed by atoms with van der Waals surface area (Å²) >= 11 is 8.66. The number of esters is 2. The Kier molecular flexibility index (Phi) is 17.0. The Morgan fingerprint density at radius 3 is 1.52 bits per heavy atom. The molecule has 12 nitrogen and oxygen atoms in total. The largest absolute Gasteiger partial charge is 0.467 e.